The fourth-order valence-electron chi connectivity index (χ4n) is 0.879. The molecule has 11 heavy (non-hydrogen) atoms. The first-order valence-electron chi connectivity index (χ1n) is 3.28. The van der Waals surface area contributed by atoms with Crippen molar-refractivity contribution in [2.75, 3.05) is 6.61 Å². The standard InChI is InChI=1S/C6H10O5/c7-1-3(9)5(10)6-4(2-8)11-6/h1,3-6,8-10H,2H2/t3-,4+,5-,6+/m0/s1. The Balaban J connectivity index is 2.32. The lowest BCUT2D eigenvalue weighted by molar-refractivity contribution is -0.120. The summed E-state index contributed by atoms with van der Waals surface area (Å²) in [6.07, 6.45) is -3.43. The summed E-state index contributed by atoms with van der Waals surface area (Å²) in [5.74, 6) is 0. The van der Waals surface area contributed by atoms with E-state index in [1.165, 1.54) is 0 Å². The van der Waals surface area contributed by atoms with Gasteiger partial charge in [0.1, 0.15) is 24.4 Å². The van der Waals surface area contributed by atoms with Crippen LogP contribution in [-0.2, 0) is 9.53 Å². The van der Waals surface area contributed by atoms with Crippen molar-refractivity contribution < 1.29 is 24.9 Å². The maximum absolute atomic E-state index is 9.95. The van der Waals surface area contributed by atoms with Crippen LogP contribution >= 0.6 is 0 Å². The maximum atomic E-state index is 9.95. The highest BCUT2D eigenvalue weighted by atomic mass is 16.6. The smallest absolute Gasteiger partial charge is 0.151 e. The van der Waals surface area contributed by atoms with Gasteiger partial charge < -0.3 is 24.9 Å². The number of aliphatic hydroxyl groups is 3. The first-order valence-corrected chi connectivity index (χ1v) is 3.28. The van der Waals surface area contributed by atoms with Crippen LogP contribution in [-0.4, -0.2) is 52.6 Å². The van der Waals surface area contributed by atoms with E-state index in [0.29, 0.717) is 0 Å². The molecule has 0 aromatic carbocycles. The molecule has 1 heterocycles. The topological polar surface area (TPSA) is 90.3 Å². The molecule has 5 nitrogen and oxygen atoms in total. The Hall–Kier alpha value is -0.490. The zero-order valence-electron chi connectivity index (χ0n) is 5.75. The van der Waals surface area contributed by atoms with Crippen LogP contribution in [0.15, 0.2) is 0 Å². The second kappa shape index (κ2) is 3.27. The van der Waals surface area contributed by atoms with Gasteiger partial charge in [-0.05, 0) is 0 Å². The molecule has 1 rings (SSSR count). The molecule has 0 saturated carbocycles. The van der Waals surface area contributed by atoms with Crippen LogP contribution in [0.25, 0.3) is 0 Å². The molecule has 0 aliphatic carbocycles. The van der Waals surface area contributed by atoms with Crippen molar-refractivity contribution in [1.82, 2.24) is 0 Å². The van der Waals surface area contributed by atoms with E-state index < -0.39 is 24.4 Å². The van der Waals surface area contributed by atoms with Gasteiger partial charge in [-0.15, -0.1) is 0 Å². The minimum absolute atomic E-state index is 0.201. The summed E-state index contributed by atoms with van der Waals surface area (Å²) in [6.45, 7) is -0.201. The van der Waals surface area contributed by atoms with Crippen LogP contribution in [0.5, 0.6) is 0 Å². The van der Waals surface area contributed by atoms with Crippen LogP contribution in [0.3, 0.4) is 0 Å². The van der Waals surface area contributed by atoms with Crippen LogP contribution in [0.4, 0.5) is 0 Å². The zero-order chi connectivity index (χ0) is 8.43. The number of hydrogen-bond acceptors (Lipinski definition) is 5. The predicted molar refractivity (Wildman–Crippen MR) is 33.8 cm³/mol. The van der Waals surface area contributed by atoms with E-state index in [0.717, 1.165) is 0 Å². The summed E-state index contributed by atoms with van der Waals surface area (Å²) in [6, 6.07) is 0. The Morgan fingerprint density at radius 3 is 2.55 bits per heavy atom. The van der Waals surface area contributed by atoms with Gasteiger partial charge in [0, 0.05) is 0 Å². The molecule has 1 aliphatic heterocycles. The lowest BCUT2D eigenvalue weighted by Gasteiger charge is -2.08. The average Bonchev–Trinajstić information content (AvgIpc) is 2.80. The average molecular weight is 162 g/mol. The molecule has 0 amide bonds. The summed E-state index contributed by atoms with van der Waals surface area (Å²) in [4.78, 5) is 9.95. The minimum Gasteiger partial charge on any atom is -0.394 e. The lowest BCUT2D eigenvalue weighted by Crippen LogP contribution is -2.33. The number of carbonyl (C=O) groups is 1. The largest absolute Gasteiger partial charge is 0.394 e. The quantitative estimate of drug-likeness (QED) is 0.318. The number of aldehydes is 1. The molecular weight excluding hydrogens is 152 g/mol. The Kier molecular flexibility index (Phi) is 2.56. The van der Waals surface area contributed by atoms with Gasteiger partial charge in [0.05, 0.1) is 6.61 Å². The van der Waals surface area contributed by atoms with Gasteiger partial charge in [0.15, 0.2) is 6.29 Å². The first kappa shape index (κ1) is 8.61. The van der Waals surface area contributed by atoms with Gasteiger partial charge in [-0.25, -0.2) is 0 Å². The molecule has 0 bridgehead atoms. The SMILES string of the molecule is O=C[C@H](O)[C@H](O)[C@@H]1O[C@@H]1CO. The van der Waals surface area contributed by atoms with Crippen molar-refractivity contribution in [2.24, 2.45) is 0 Å². The first-order chi connectivity index (χ1) is 5.20. The van der Waals surface area contributed by atoms with Crippen LogP contribution in [0, 0.1) is 0 Å². The number of hydrogen-bond donors (Lipinski definition) is 3. The number of aliphatic hydroxyl groups excluding tert-OH is 3. The molecular formula is C6H10O5. The fraction of sp³-hybridized carbons (Fsp3) is 0.833. The van der Waals surface area contributed by atoms with E-state index in [4.69, 9.17) is 20.1 Å². The maximum Gasteiger partial charge on any atom is 0.151 e. The third kappa shape index (κ3) is 1.75. The molecule has 3 N–H and O–H groups in total. The molecule has 0 radical (unpaired) electrons. The Morgan fingerprint density at radius 1 is 1.55 bits per heavy atom. The van der Waals surface area contributed by atoms with Gasteiger partial charge in [0.2, 0.25) is 0 Å². The number of epoxide rings is 1. The van der Waals surface area contributed by atoms with Gasteiger partial charge in [-0.2, -0.15) is 0 Å². The van der Waals surface area contributed by atoms with Gasteiger partial charge in [-0.1, -0.05) is 0 Å². The number of ether oxygens (including phenoxy) is 1. The molecule has 4 atom stereocenters. The zero-order valence-corrected chi connectivity index (χ0v) is 5.75. The van der Waals surface area contributed by atoms with Crippen LogP contribution in [0.2, 0.25) is 0 Å². The van der Waals surface area contributed by atoms with E-state index in [9.17, 15) is 4.79 Å². The highest BCUT2D eigenvalue weighted by Gasteiger charge is 2.46. The highest BCUT2D eigenvalue weighted by molar-refractivity contribution is 5.56. The summed E-state index contributed by atoms with van der Waals surface area (Å²) in [5, 5.41) is 26.3. The third-order valence-corrected chi connectivity index (χ3v) is 1.63. The highest BCUT2D eigenvalue weighted by Crippen LogP contribution is 2.25. The number of rotatable bonds is 4. The van der Waals surface area contributed by atoms with Crippen molar-refractivity contribution in [3.63, 3.8) is 0 Å². The Labute approximate surface area is 63.2 Å². The van der Waals surface area contributed by atoms with Crippen molar-refractivity contribution in [3.8, 4) is 0 Å². The van der Waals surface area contributed by atoms with E-state index in [1.54, 1.807) is 0 Å². The molecule has 0 aromatic rings. The molecule has 0 aromatic heterocycles. The third-order valence-electron chi connectivity index (χ3n) is 1.63. The van der Waals surface area contributed by atoms with Crippen molar-refractivity contribution in [3.05, 3.63) is 0 Å². The molecule has 0 spiro atoms. The molecule has 1 fully saturated rings. The normalized spacial score (nSPS) is 34.5. The van der Waals surface area contributed by atoms with Gasteiger partial charge in [0.25, 0.3) is 0 Å². The van der Waals surface area contributed by atoms with Crippen LogP contribution in [0.1, 0.15) is 0 Å². The van der Waals surface area contributed by atoms with E-state index in [2.05, 4.69) is 0 Å². The molecule has 5 heteroatoms. The molecule has 1 saturated heterocycles. The lowest BCUT2D eigenvalue weighted by atomic mass is 10.1. The van der Waals surface area contributed by atoms with Gasteiger partial charge >= 0.3 is 0 Å². The Bertz CT molecular complexity index is 148. The van der Waals surface area contributed by atoms with E-state index in [1.807, 2.05) is 0 Å². The van der Waals surface area contributed by atoms with Crippen molar-refractivity contribution >= 4 is 6.29 Å². The van der Waals surface area contributed by atoms with E-state index in [-0.39, 0.29) is 12.9 Å². The number of carbonyl (C=O) groups excluding carboxylic acids is 1. The molecule has 0 unspecified atom stereocenters. The Morgan fingerprint density at radius 2 is 2.18 bits per heavy atom. The fourth-order valence-corrected chi connectivity index (χ4v) is 0.879. The summed E-state index contributed by atoms with van der Waals surface area (Å²) < 4.78 is 4.73. The molecule has 64 valence electrons. The monoisotopic (exact) mass is 162 g/mol. The van der Waals surface area contributed by atoms with Crippen molar-refractivity contribution in [2.45, 2.75) is 24.4 Å². The van der Waals surface area contributed by atoms with E-state index >= 15 is 0 Å². The van der Waals surface area contributed by atoms with Crippen molar-refractivity contribution in [1.29, 1.82) is 0 Å². The summed E-state index contributed by atoms with van der Waals surface area (Å²) >= 11 is 0. The second-order valence-electron chi connectivity index (χ2n) is 2.44. The van der Waals surface area contributed by atoms with Gasteiger partial charge in [-0.3, -0.25) is 0 Å². The predicted octanol–water partition coefficient (Wildman–Crippen LogP) is -2.33. The molecule has 1 aliphatic rings. The summed E-state index contributed by atoms with van der Waals surface area (Å²) in [7, 11) is 0. The van der Waals surface area contributed by atoms with Crippen LogP contribution < -0.4 is 0 Å². The minimum atomic E-state index is -1.42. The second-order valence-corrected chi connectivity index (χ2v) is 2.44. The summed E-state index contributed by atoms with van der Waals surface area (Å²) in [5.41, 5.74) is 0.